The van der Waals surface area contributed by atoms with Crippen molar-refractivity contribution >= 4 is 15.8 Å². The van der Waals surface area contributed by atoms with E-state index < -0.39 is 57.7 Å². The second-order valence-corrected chi connectivity index (χ2v) is 10.6. The maximum atomic E-state index is 13.6. The second kappa shape index (κ2) is 10.9. The molecule has 1 fully saturated rings. The second-order valence-electron chi connectivity index (χ2n) is 8.77. The van der Waals surface area contributed by atoms with Crippen molar-refractivity contribution in [1.29, 1.82) is 0 Å². The lowest BCUT2D eigenvalue weighted by Crippen LogP contribution is -2.44. The fourth-order valence-electron chi connectivity index (χ4n) is 4.32. The Morgan fingerprint density at radius 2 is 1.74 bits per heavy atom. The molecule has 3 heterocycles. The molecule has 1 N–H and O–H groups in total. The molecule has 8 nitrogen and oxygen atoms in total. The van der Waals surface area contributed by atoms with Crippen LogP contribution in [0.5, 0.6) is 0 Å². The molecule has 206 valence electrons. The minimum absolute atomic E-state index is 0.0480. The van der Waals surface area contributed by atoms with Crippen LogP contribution in [-0.4, -0.2) is 51.2 Å². The number of para-hydroxylation sites is 1. The average Bonchev–Trinajstić information content (AvgIpc) is 3.34. The lowest BCUT2D eigenvalue weighted by molar-refractivity contribution is -0.141. The SMILES string of the molecule is O=S(=O)(c1ccc(C(F)(F)F)nc1NCc1nncn1-c1ccccc1)N1CCCCC1CCC(F)(F)F. The number of rotatable bonds is 8. The number of hydrogen-bond acceptors (Lipinski definition) is 6. The molecule has 15 heteroatoms. The number of halogens is 6. The Labute approximate surface area is 214 Å². The van der Waals surface area contributed by atoms with Gasteiger partial charge in [0.2, 0.25) is 10.0 Å². The van der Waals surface area contributed by atoms with E-state index in [0.29, 0.717) is 24.6 Å². The molecule has 1 aromatic carbocycles. The number of alkyl halides is 6. The van der Waals surface area contributed by atoms with Crippen LogP contribution in [0, 0.1) is 0 Å². The van der Waals surface area contributed by atoms with Gasteiger partial charge < -0.3 is 5.32 Å². The molecule has 1 unspecified atom stereocenters. The number of sulfonamides is 1. The highest BCUT2D eigenvalue weighted by Crippen LogP contribution is 2.35. The smallest absolute Gasteiger partial charge is 0.362 e. The molecule has 0 saturated carbocycles. The van der Waals surface area contributed by atoms with E-state index in [1.807, 2.05) is 0 Å². The third-order valence-electron chi connectivity index (χ3n) is 6.14. The van der Waals surface area contributed by atoms with Gasteiger partial charge in [0.15, 0.2) is 5.82 Å². The van der Waals surface area contributed by atoms with Crippen molar-refractivity contribution in [2.75, 3.05) is 11.9 Å². The molecule has 2 aromatic heterocycles. The zero-order valence-corrected chi connectivity index (χ0v) is 20.7. The van der Waals surface area contributed by atoms with Gasteiger partial charge in [-0.1, -0.05) is 24.6 Å². The topological polar surface area (TPSA) is 93.0 Å². The van der Waals surface area contributed by atoms with Crippen LogP contribution in [0.2, 0.25) is 0 Å². The predicted molar refractivity (Wildman–Crippen MR) is 125 cm³/mol. The van der Waals surface area contributed by atoms with Crippen LogP contribution < -0.4 is 5.32 Å². The van der Waals surface area contributed by atoms with Crippen LogP contribution in [0.3, 0.4) is 0 Å². The van der Waals surface area contributed by atoms with Gasteiger partial charge in [-0.15, -0.1) is 10.2 Å². The lowest BCUT2D eigenvalue weighted by atomic mass is 10.0. The van der Waals surface area contributed by atoms with Gasteiger partial charge in [0.05, 0.1) is 6.54 Å². The number of hydrogen-bond donors (Lipinski definition) is 1. The van der Waals surface area contributed by atoms with Gasteiger partial charge in [0.25, 0.3) is 0 Å². The Morgan fingerprint density at radius 3 is 2.42 bits per heavy atom. The fraction of sp³-hybridized carbons (Fsp3) is 0.435. The normalized spacial score (nSPS) is 17.5. The first kappa shape index (κ1) is 27.8. The summed E-state index contributed by atoms with van der Waals surface area (Å²) >= 11 is 0. The Kier molecular flexibility index (Phi) is 7.97. The van der Waals surface area contributed by atoms with Crippen molar-refractivity contribution in [3.63, 3.8) is 0 Å². The first-order chi connectivity index (χ1) is 17.9. The number of pyridine rings is 1. The summed E-state index contributed by atoms with van der Waals surface area (Å²) in [6.07, 6.45) is -8.38. The Bertz CT molecular complexity index is 1340. The summed E-state index contributed by atoms with van der Waals surface area (Å²) in [7, 11) is -4.49. The summed E-state index contributed by atoms with van der Waals surface area (Å²) in [6.45, 7) is -0.281. The monoisotopic (exact) mass is 562 g/mol. The van der Waals surface area contributed by atoms with E-state index >= 15 is 0 Å². The molecule has 3 aromatic rings. The first-order valence-electron chi connectivity index (χ1n) is 11.7. The molecular formula is C23H24F6N6O2S. The minimum atomic E-state index is -4.86. The Morgan fingerprint density at radius 1 is 1.00 bits per heavy atom. The molecule has 0 radical (unpaired) electrons. The molecule has 0 aliphatic carbocycles. The quantitative estimate of drug-likeness (QED) is 0.381. The van der Waals surface area contributed by atoms with Crippen molar-refractivity contribution < 1.29 is 34.8 Å². The van der Waals surface area contributed by atoms with E-state index in [-0.39, 0.29) is 25.3 Å². The molecule has 0 bridgehead atoms. The molecule has 1 aliphatic heterocycles. The summed E-state index contributed by atoms with van der Waals surface area (Å²) < 4.78 is 109. The van der Waals surface area contributed by atoms with Gasteiger partial charge in [0, 0.05) is 24.7 Å². The lowest BCUT2D eigenvalue weighted by Gasteiger charge is -2.35. The highest BCUT2D eigenvalue weighted by atomic mass is 32.2. The summed E-state index contributed by atoms with van der Waals surface area (Å²) in [6, 6.07) is 9.21. The highest BCUT2D eigenvalue weighted by molar-refractivity contribution is 7.89. The zero-order valence-electron chi connectivity index (χ0n) is 19.9. The van der Waals surface area contributed by atoms with Crippen molar-refractivity contribution in [3.8, 4) is 5.69 Å². The van der Waals surface area contributed by atoms with E-state index in [0.717, 1.165) is 10.4 Å². The molecule has 1 saturated heterocycles. The van der Waals surface area contributed by atoms with Crippen LogP contribution in [-0.2, 0) is 22.7 Å². The number of anilines is 1. The summed E-state index contributed by atoms with van der Waals surface area (Å²) in [5, 5.41) is 10.4. The van der Waals surface area contributed by atoms with Crippen LogP contribution >= 0.6 is 0 Å². The average molecular weight is 563 g/mol. The molecule has 4 rings (SSSR count). The first-order valence-corrected chi connectivity index (χ1v) is 13.2. The summed E-state index contributed by atoms with van der Waals surface area (Å²) in [5.41, 5.74) is -0.657. The molecule has 0 amide bonds. The van der Waals surface area contributed by atoms with Gasteiger partial charge in [-0.05, 0) is 43.5 Å². The number of nitrogens with one attached hydrogen (secondary N) is 1. The van der Waals surface area contributed by atoms with E-state index in [2.05, 4.69) is 20.5 Å². The summed E-state index contributed by atoms with van der Waals surface area (Å²) in [5.74, 6) is -0.317. The van der Waals surface area contributed by atoms with Crippen molar-refractivity contribution in [2.45, 2.75) is 61.9 Å². The molecular weight excluding hydrogens is 538 g/mol. The van der Waals surface area contributed by atoms with Gasteiger partial charge in [-0.2, -0.15) is 30.6 Å². The van der Waals surface area contributed by atoms with E-state index in [1.54, 1.807) is 34.9 Å². The van der Waals surface area contributed by atoms with Crippen LogP contribution in [0.25, 0.3) is 5.69 Å². The zero-order chi connectivity index (χ0) is 27.6. The Balaban J connectivity index is 1.67. The van der Waals surface area contributed by atoms with Gasteiger partial charge in [-0.25, -0.2) is 13.4 Å². The van der Waals surface area contributed by atoms with Crippen molar-refractivity contribution in [1.82, 2.24) is 24.1 Å². The van der Waals surface area contributed by atoms with E-state index in [1.165, 1.54) is 6.33 Å². The third kappa shape index (κ3) is 6.43. The predicted octanol–water partition coefficient (Wildman–Crippen LogP) is 5.18. The summed E-state index contributed by atoms with van der Waals surface area (Å²) in [4.78, 5) is 2.98. The van der Waals surface area contributed by atoms with E-state index in [9.17, 15) is 34.8 Å². The molecule has 1 aliphatic rings. The maximum Gasteiger partial charge on any atom is 0.433 e. The van der Waals surface area contributed by atoms with Crippen molar-refractivity contribution in [3.05, 3.63) is 60.3 Å². The maximum absolute atomic E-state index is 13.6. The standard InChI is InChI=1S/C23H24F6N6O2S/c24-22(25,26)12-11-17-8-4-5-13-35(17)38(36,37)18-9-10-19(23(27,28)29)32-21(18)30-14-20-33-31-15-34(20)16-6-2-1-3-7-16/h1-3,6-7,9-10,15,17H,4-5,8,11-14H2,(H,30,32). The fourth-order valence-corrected chi connectivity index (χ4v) is 6.15. The number of benzene rings is 1. The van der Waals surface area contributed by atoms with Crippen LogP contribution in [0.1, 0.15) is 43.6 Å². The molecule has 38 heavy (non-hydrogen) atoms. The van der Waals surface area contributed by atoms with Crippen LogP contribution in [0.15, 0.2) is 53.7 Å². The Hall–Kier alpha value is -3.20. The minimum Gasteiger partial charge on any atom is -0.362 e. The highest BCUT2D eigenvalue weighted by Gasteiger charge is 2.39. The number of aromatic nitrogens is 4. The van der Waals surface area contributed by atoms with Crippen LogP contribution in [0.4, 0.5) is 32.2 Å². The van der Waals surface area contributed by atoms with Gasteiger partial charge in [0.1, 0.15) is 22.7 Å². The number of piperidine rings is 1. The number of nitrogens with zero attached hydrogens (tertiary/aromatic N) is 5. The van der Waals surface area contributed by atoms with E-state index in [4.69, 9.17) is 0 Å². The van der Waals surface area contributed by atoms with Gasteiger partial charge >= 0.3 is 12.4 Å². The largest absolute Gasteiger partial charge is 0.433 e. The molecule has 1 atom stereocenters. The third-order valence-corrected chi connectivity index (χ3v) is 8.12. The molecule has 0 spiro atoms. The van der Waals surface area contributed by atoms with Crippen molar-refractivity contribution in [2.24, 2.45) is 0 Å². The van der Waals surface area contributed by atoms with Gasteiger partial charge in [-0.3, -0.25) is 4.57 Å².